The van der Waals surface area contributed by atoms with Crippen molar-refractivity contribution in [2.45, 2.75) is 56.5 Å². The molecule has 3 aliphatic rings. The van der Waals surface area contributed by atoms with Gasteiger partial charge in [-0.25, -0.2) is 12.7 Å². The lowest BCUT2D eigenvalue weighted by molar-refractivity contribution is -0.163. The summed E-state index contributed by atoms with van der Waals surface area (Å²) in [5.74, 6) is 0. The SMILES string of the molecule is O=S(=O)(C1CCN(CCCOC2CCCCO2)C1)N1CCCC1. The smallest absolute Gasteiger partial charge is 0.218 e. The van der Waals surface area contributed by atoms with Gasteiger partial charge in [-0.05, 0) is 51.5 Å². The van der Waals surface area contributed by atoms with Crippen molar-refractivity contribution in [2.75, 3.05) is 45.9 Å². The van der Waals surface area contributed by atoms with Gasteiger partial charge in [0.1, 0.15) is 0 Å². The van der Waals surface area contributed by atoms with Gasteiger partial charge in [0.05, 0.1) is 11.9 Å². The third-order valence-corrected chi connectivity index (χ3v) is 7.45. The van der Waals surface area contributed by atoms with Crippen molar-refractivity contribution in [1.82, 2.24) is 9.21 Å². The molecule has 0 aromatic rings. The molecule has 3 rings (SSSR count). The number of sulfonamides is 1. The van der Waals surface area contributed by atoms with Gasteiger partial charge in [-0.1, -0.05) is 0 Å². The molecule has 0 spiro atoms. The Morgan fingerprint density at radius 1 is 1.04 bits per heavy atom. The molecular formula is C16H30N2O4S. The van der Waals surface area contributed by atoms with Crippen LogP contribution in [-0.2, 0) is 19.5 Å². The van der Waals surface area contributed by atoms with E-state index in [9.17, 15) is 8.42 Å². The highest BCUT2D eigenvalue weighted by molar-refractivity contribution is 7.89. The first-order valence-corrected chi connectivity index (χ1v) is 10.6. The Kier molecular flexibility index (Phi) is 6.31. The van der Waals surface area contributed by atoms with Gasteiger partial charge in [-0.3, -0.25) is 0 Å². The summed E-state index contributed by atoms with van der Waals surface area (Å²) >= 11 is 0. The van der Waals surface area contributed by atoms with Crippen LogP contribution in [0.2, 0.25) is 0 Å². The lowest BCUT2D eigenvalue weighted by Crippen LogP contribution is -2.38. The summed E-state index contributed by atoms with van der Waals surface area (Å²) in [6.07, 6.45) is 7.03. The van der Waals surface area contributed by atoms with E-state index in [-0.39, 0.29) is 11.5 Å². The van der Waals surface area contributed by atoms with Crippen LogP contribution in [0.4, 0.5) is 0 Å². The maximum absolute atomic E-state index is 12.6. The number of hydrogen-bond acceptors (Lipinski definition) is 5. The van der Waals surface area contributed by atoms with Gasteiger partial charge in [0.15, 0.2) is 6.29 Å². The van der Waals surface area contributed by atoms with Gasteiger partial charge in [-0.2, -0.15) is 0 Å². The summed E-state index contributed by atoms with van der Waals surface area (Å²) < 4.78 is 38.1. The van der Waals surface area contributed by atoms with Crippen LogP contribution in [0, 0.1) is 0 Å². The highest BCUT2D eigenvalue weighted by atomic mass is 32.2. The topological polar surface area (TPSA) is 59.1 Å². The maximum atomic E-state index is 12.6. The van der Waals surface area contributed by atoms with E-state index in [1.54, 1.807) is 4.31 Å². The predicted octanol–water partition coefficient (Wildman–Crippen LogP) is 1.42. The van der Waals surface area contributed by atoms with E-state index in [0.29, 0.717) is 26.2 Å². The van der Waals surface area contributed by atoms with E-state index in [4.69, 9.17) is 9.47 Å². The number of rotatable bonds is 7. The van der Waals surface area contributed by atoms with E-state index in [1.807, 2.05) is 0 Å². The summed E-state index contributed by atoms with van der Waals surface area (Å²) in [5, 5.41) is -0.205. The summed E-state index contributed by atoms with van der Waals surface area (Å²) in [6, 6.07) is 0. The highest BCUT2D eigenvalue weighted by Gasteiger charge is 2.37. The highest BCUT2D eigenvalue weighted by Crippen LogP contribution is 2.23. The first kappa shape index (κ1) is 17.6. The van der Waals surface area contributed by atoms with Crippen LogP contribution in [-0.4, -0.2) is 75.1 Å². The fourth-order valence-electron chi connectivity index (χ4n) is 3.74. The van der Waals surface area contributed by atoms with Crippen LogP contribution < -0.4 is 0 Å². The van der Waals surface area contributed by atoms with E-state index < -0.39 is 10.0 Å². The number of hydrogen-bond donors (Lipinski definition) is 0. The van der Waals surface area contributed by atoms with Crippen molar-refractivity contribution in [1.29, 1.82) is 0 Å². The van der Waals surface area contributed by atoms with Gasteiger partial charge < -0.3 is 14.4 Å². The van der Waals surface area contributed by atoms with Crippen LogP contribution in [0.5, 0.6) is 0 Å². The minimum atomic E-state index is -3.08. The number of ether oxygens (including phenoxy) is 2. The van der Waals surface area contributed by atoms with E-state index in [0.717, 1.165) is 58.2 Å². The van der Waals surface area contributed by atoms with Crippen LogP contribution in [0.15, 0.2) is 0 Å². The van der Waals surface area contributed by atoms with Gasteiger partial charge in [0, 0.05) is 32.8 Å². The van der Waals surface area contributed by atoms with Crippen molar-refractivity contribution in [3.05, 3.63) is 0 Å². The zero-order chi connectivity index (χ0) is 16.1. The largest absolute Gasteiger partial charge is 0.353 e. The Hall–Kier alpha value is -0.210. The molecule has 0 aromatic heterocycles. The van der Waals surface area contributed by atoms with Gasteiger partial charge in [-0.15, -0.1) is 0 Å². The molecule has 3 aliphatic heterocycles. The molecule has 3 heterocycles. The molecule has 0 bridgehead atoms. The molecule has 2 unspecified atom stereocenters. The van der Waals surface area contributed by atoms with Crippen molar-refractivity contribution < 1.29 is 17.9 Å². The molecule has 7 heteroatoms. The zero-order valence-electron chi connectivity index (χ0n) is 14.0. The summed E-state index contributed by atoms with van der Waals surface area (Å²) in [4.78, 5) is 2.27. The van der Waals surface area contributed by atoms with Crippen LogP contribution in [0.1, 0.15) is 44.9 Å². The normalized spacial score (nSPS) is 31.0. The quantitative estimate of drug-likeness (QED) is 0.653. The number of likely N-dealkylation sites (tertiary alicyclic amines) is 1. The Balaban J connectivity index is 1.34. The minimum absolute atomic E-state index is 0.0226. The standard InChI is InChI=1S/C16H30N2O4S/c19-23(20,18-9-2-3-10-18)15-7-11-17(14-15)8-5-13-22-16-6-1-4-12-21-16/h15-16H,1-14H2. The Morgan fingerprint density at radius 2 is 1.87 bits per heavy atom. The molecule has 0 saturated carbocycles. The molecule has 0 aliphatic carbocycles. The van der Waals surface area contributed by atoms with Crippen molar-refractivity contribution in [2.24, 2.45) is 0 Å². The van der Waals surface area contributed by atoms with Gasteiger partial charge in [0.2, 0.25) is 10.0 Å². The zero-order valence-corrected chi connectivity index (χ0v) is 14.8. The lowest BCUT2D eigenvalue weighted by Gasteiger charge is -2.23. The van der Waals surface area contributed by atoms with Crippen LogP contribution in [0.25, 0.3) is 0 Å². The van der Waals surface area contributed by atoms with E-state index in [2.05, 4.69) is 4.90 Å². The van der Waals surface area contributed by atoms with Crippen molar-refractivity contribution in [3.8, 4) is 0 Å². The average Bonchev–Trinajstić information content (AvgIpc) is 3.24. The molecular weight excluding hydrogens is 316 g/mol. The monoisotopic (exact) mass is 346 g/mol. The van der Waals surface area contributed by atoms with Gasteiger partial charge in [0.25, 0.3) is 0 Å². The molecule has 134 valence electrons. The molecule has 3 saturated heterocycles. The summed E-state index contributed by atoms with van der Waals surface area (Å²) in [5.41, 5.74) is 0. The van der Waals surface area contributed by atoms with Crippen LogP contribution in [0.3, 0.4) is 0 Å². The second kappa shape index (κ2) is 8.25. The lowest BCUT2D eigenvalue weighted by atomic mass is 10.2. The number of nitrogens with zero attached hydrogens (tertiary/aromatic N) is 2. The second-order valence-corrected chi connectivity index (χ2v) is 9.10. The molecule has 0 amide bonds. The third kappa shape index (κ3) is 4.66. The molecule has 3 fully saturated rings. The Bertz CT molecular complexity index is 459. The first-order chi connectivity index (χ1) is 11.2. The summed E-state index contributed by atoms with van der Waals surface area (Å²) in [7, 11) is -3.08. The first-order valence-electron chi connectivity index (χ1n) is 9.11. The van der Waals surface area contributed by atoms with Crippen molar-refractivity contribution >= 4 is 10.0 Å². The average molecular weight is 346 g/mol. The molecule has 2 atom stereocenters. The molecule has 23 heavy (non-hydrogen) atoms. The van der Waals surface area contributed by atoms with Gasteiger partial charge >= 0.3 is 0 Å². The van der Waals surface area contributed by atoms with Crippen molar-refractivity contribution in [3.63, 3.8) is 0 Å². The van der Waals surface area contributed by atoms with Crippen LogP contribution >= 0.6 is 0 Å². The van der Waals surface area contributed by atoms with E-state index >= 15 is 0 Å². The Morgan fingerprint density at radius 3 is 2.61 bits per heavy atom. The third-order valence-electron chi connectivity index (χ3n) is 5.14. The molecule has 0 radical (unpaired) electrons. The predicted molar refractivity (Wildman–Crippen MR) is 88.7 cm³/mol. The maximum Gasteiger partial charge on any atom is 0.218 e. The fourth-order valence-corrected chi connectivity index (χ4v) is 5.73. The molecule has 0 N–H and O–H groups in total. The second-order valence-electron chi connectivity index (χ2n) is 6.88. The minimum Gasteiger partial charge on any atom is -0.353 e. The molecule has 6 nitrogen and oxygen atoms in total. The molecule has 0 aromatic carbocycles. The Labute approximate surface area is 140 Å². The summed E-state index contributed by atoms with van der Waals surface area (Å²) in [6.45, 7) is 5.43. The van der Waals surface area contributed by atoms with E-state index in [1.165, 1.54) is 6.42 Å². The fraction of sp³-hybridized carbons (Fsp3) is 1.00.